The first-order chi connectivity index (χ1) is 9.00. The maximum absolute atomic E-state index is 6.15. The van der Waals surface area contributed by atoms with Crippen molar-refractivity contribution < 1.29 is 0 Å². The molecule has 0 radical (unpaired) electrons. The highest BCUT2D eigenvalue weighted by atomic mass is 35.5. The summed E-state index contributed by atoms with van der Waals surface area (Å²) < 4.78 is 0. The van der Waals surface area contributed by atoms with Crippen molar-refractivity contribution in [1.82, 2.24) is 9.97 Å². The van der Waals surface area contributed by atoms with Gasteiger partial charge in [0.2, 0.25) is 5.28 Å². The van der Waals surface area contributed by atoms with Gasteiger partial charge in [-0.25, -0.2) is 4.98 Å². The van der Waals surface area contributed by atoms with Gasteiger partial charge in [0.25, 0.3) is 0 Å². The summed E-state index contributed by atoms with van der Waals surface area (Å²) in [4.78, 5) is 10.0. The summed E-state index contributed by atoms with van der Waals surface area (Å²) in [6.45, 7) is 4.44. The van der Waals surface area contributed by atoms with Crippen LogP contribution in [0.4, 0.5) is 11.5 Å². The molecule has 0 bridgehead atoms. The Kier molecular flexibility index (Phi) is 4.62. The fraction of sp³-hybridized carbons (Fsp3) is 0.231. The molecule has 3 nitrogen and oxygen atoms in total. The Morgan fingerprint density at radius 3 is 2.53 bits per heavy atom. The molecule has 19 heavy (non-hydrogen) atoms. The Labute approximate surface area is 124 Å². The molecule has 0 spiro atoms. The lowest BCUT2D eigenvalue weighted by Gasteiger charge is -2.23. The molecule has 0 aliphatic heterocycles. The lowest BCUT2D eigenvalue weighted by molar-refractivity contribution is 1.08. The molecule has 0 atom stereocenters. The quantitative estimate of drug-likeness (QED) is 0.635. The van der Waals surface area contributed by atoms with E-state index in [1.165, 1.54) is 11.5 Å². The smallest absolute Gasteiger partial charge is 0.224 e. The SMILES string of the molecule is CN(c1ccccc1P(C)C)c1nc(Cl)ncc1Cl. The highest BCUT2D eigenvalue weighted by Crippen LogP contribution is 2.34. The predicted molar refractivity (Wildman–Crippen MR) is 85.0 cm³/mol. The fourth-order valence-electron chi connectivity index (χ4n) is 1.81. The summed E-state index contributed by atoms with van der Waals surface area (Å²) in [5.41, 5.74) is 1.09. The molecule has 2 rings (SSSR count). The number of halogens is 2. The van der Waals surface area contributed by atoms with Gasteiger partial charge in [-0.15, -0.1) is 0 Å². The van der Waals surface area contributed by atoms with Gasteiger partial charge < -0.3 is 4.90 Å². The monoisotopic (exact) mass is 313 g/mol. The Balaban J connectivity index is 2.50. The number of hydrogen-bond donors (Lipinski definition) is 0. The molecule has 6 heteroatoms. The van der Waals surface area contributed by atoms with E-state index in [4.69, 9.17) is 23.2 Å². The van der Waals surface area contributed by atoms with Gasteiger partial charge in [-0.3, -0.25) is 0 Å². The van der Waals surface area contributed by atoms with E-state index >= 15 is 0 Å². The van der Waals surface area contributed by atoms with Crippen LogP contribution >= 0.6 is 31.1 Å². The fourth-order valence-corrected chi connectivity index (χ4v) is 3.23. The van der Waals surface area contributed by atoms with Crippen molar-refractivity contribution in [3.63, 3.8) is 0 Å². The standard InChI is InChI=1S/C13H14Cl2N3P/c1-18(12-9(14)8-16-13(15)17-12)10-6-4-5-7-11(10)19(2)3/h4-8H,1-3H3. The van der Waals surface area contributed by atoms with Crippen LogP contribution in [0.5, 0.6) is 0 Å². The molecular formula is C13H14Cl2N3P. The third kappa shape index (κ3) is 3.17. The molecule has 0 fully saturated rings. The van der Waals surface area contributed by atoms with Gasteiger partial charge in [-0.05, 0) is 36.3 Å². The Hall–Kier alpha value is -0.890. The summed E-state index contributed by atoms with van der Waals surface area (Å²) in [5.74, 6) is 0.617. The van der Waals surface area contributed by atoms with Gasteiger partial charge >= 0.3 is 0 Å². The molecule has 0 amide bonds. The second kappa shape index (κ2) is 6.04. The van der Waals surface area contributed by atoms with Gasteiger partial charge in [0.15, 0.2) is 5.82 Å². The molecule has 2 aromatic rings. The molecule has 0 saturated heterocycles. The van der Waals surface area contributed by atoms with E-state index in [1.807, 2.05) is 24.1 Å². The normalized spacial score (nSPS) is 10.8. The second-order valence-electron chi connectivity index (χ2n) is 4.25. The highest BCUT2D eigenvalue weighted by molar-refractivity contribution is 7.64. The maximum atomic E-state index is 6.15. The zero-order valence-corrected chi connectivity index (χ0v) is 13.3. The van der Waals surface area contributed by atoms with Crippen molar-refractivity contribution in [3.05, 3.63) is 40.8 Å². The van der Waals surface area contributed by atoms with Crippen molar-refractivity contribution in [3.8, 4) is 0 Å². The number of aromatic nitrogens is 2. The van der Waals surface area contributed by atoms with E-state index < -0.39 is 0 Å². The molecule has 1 aromatic heterocycles. The molecule has 0 unspecified atom stereocenters. The first-order valence-electron chi connectivity index (χ1n) is 5.69. The van der Waals surface area contributed by atoms with Crippen LogP contribution in [0.3, 0.4) is 0 Å². The first kappa shape index (κ1) is 14.5. The Bertz CT molecular complexity index is 590. The minimum absolute atomic E-state index is 0.194. The highest BCUT2D eigenvalue weighted by Gasteiger charge is 2.15. The van der Waals surface area contributed by atoms with Crippen LogP contribution in [0.15, 0.2) is 30.5 Å². The third-order valence-electron chi connectivity index (χ3n) is 2.74. The molecule has 0 saturated carbocycles. The molecule has 1 heterocycles. The van der Waals surface area contributed by atoms with Crippen molar-refractivity contribution in [1.29, 1.82) is 0 Å². The number of hydrogen-bond acceptors (Lipinski definition) is 3. The molecule has 0 aliphatic carbocycles. The van der Waals surface area contributed by atoms with Crippen molar-refractivity contribution in [2.75, 3.05) is 25.3 Å². The maximum Gasteiger partial charge on any atom is 0.224 e. The lowest BCUT2D eigenvalue weighted by Crippen LogP contribution is -2.19. The van der Waals surface area contributed by atoms with Gasteiger partial charge in [-0.1, -0.05) is 37.7 Å². The largest absolute Gasteiger partial charge is 0.327 e. The van der Waals surface area contributed by atoms with E-state index in [-0.39, 0.29) is 13.2 Å². The number of rotatable bonds is 3. The van der Waals surface area contributed by atoms with Crippen LogP contribution in [0.25, 0.3) is 0 Å². The summed E-state index contributed by atoms with van der Waals surface area (Å²) in [7, 11) is 1.72. The Morgan fingerprint density at radius 1 is 1.16 bits per heavy atom. The van der Waals surface area contributed by atoms with Crippen LogP contribution in [0.2, 0.25) is 10.3 Å². The lowest BCUT2D eigenvalue weighted by atomic mass is 10.3. The average Bonchev–Trinajstić information content (AvgIpc) is 2.40. The van der Waals surface area contributed by atoms with Crippen LogP contribution in [-0.2, 0) is 0 Å². The van der Waals surface area contributed by atoms with E-state index in [9.17, 15) is 0 Å². The van der Waals surface area contributed by atoms with Crippen molar-refractivity contribution >= 4 is 47.9 Å². The van der Waals surface area contributed by atoms with E-state index in [2.05, 4.69) is 35.4 Å². The van der Waals surface area contributed by atoms with E-state index in [0.29, 0.717) is 10.8 Å². The topological polar surface area (TPSA) is 29.0 Å². The first-order valence-corrected chi connectivity index (χ1v) is 8.68. The summed E-state index contributed by atoms with van der Waals surface area (Å²) in [6, 6.07) is 8.24. The van der Waals surface area contributed by atoms with Gasteiger partial charge in [0.05, 0.1) is 6.20 Å². The zero-order valence-electron chi connectivity index (χ0n) is 10.9. The minimum Gasteiger partial charge on any atom is -0.327 e. The number of benzene rings is 1. The number of nitrogens with zero attached hydrogens (tertiary/aromatic N) is 3. The van der Waals surface area contributed by atoms with E-state index in [1.54, 1.807) is 0 Å². The van der Waals surface area contributed by atoms with E-state index in [0.717, 1.165) is 5.69 Å². The predicted octanol–water partition coefficient (Wildman–Crippen LogP) is 3.92. The third-order valence-corrected chi connectivity index (χ3v) is 4.53. The minimum atomic E-state index is -0.218. The van der Waals surface area contributed by atoms with Gasteiger partial charge in [0.1, 0.15) is 5.02 Å². The molecule has 0 aliphatic rings. The summed E-state index contributed by atoms with van der Waals surface area (Å²) >= 11 is 12.0. The molecular weight excluding hydrogens is 300 g/mol. The second-order valence-corrected chi connectivity index (χ2v) is 7.27. The van der Waals surface area contributed by atoms with Crippen LogP contribution in [-0.4, -0.2) is 30.3 Å². The van der Waals surface area contributed by atoms with Crippen molar-refractivity contribution in [2.45, 2.75) is 0 Å². The van der Waals surface area contributed by atoms with Crippen molar-refractivity contribution in [2.24, 2.45) is 0 Å². The van der Waals surface area contributed by atoms with Crippen LogP contribution < -0.4 is 10.2 Å². The summed E-state index contributed by atoms with van der Waals surface area (Å²) in [6.07, 6.45) is 1.52. The molecule has 100 valence electrons. The van der Waals surface area contributed by atoms with Gasteiger partial charge in [-0.2, -0.15) is 4.98 Å². The number of para-hydroxylation sites is 1. The van der Waals surface area contributed by atoms with Gasteiger partial charge in [0, 0.05) is 12.7 Å². The van der Waals surface area contributed by atoms with Crippen LogP contribution in [0.1, 0.15) is 0 Å². The van der Waals surface area contributed by atoms with Crippen LogP contribution in [0, 0.1) is 0 Å². The Morgan fingerprint density at radius 2 is 1.84 bits per heavy atom. The summed E-state index contributed by atoms with van der Waals surface area (Å²) in [5, 5.41) is 1.98. The zero-order chi connectivity index (χ0) is 14.0. The molecule has 1 aromatic carbocycles. The molecule has 0 N–H and O–H groups in total. The number of anilines is 2. The average molecular weight is 314 g/mol.